The number of hydrogen-bond donors (Lipinski definition) is 2. The van der Waals surface area contributed by atoms with E-state index >= 15 is 0 Å². The number of hydrogen-bond acceptors (Lipinski definition) is 4. The first-order chi connectivity index (χ1) is 16.5. The highest BCUT2D eigenvalue weighted by Gasteiger charge is 2.19. The Morgan fingerprint density at radius 3 is 2.26 bits per heavy atom. The molecule has 0 aliphatic carbocycles. The quantitative estimate of drug-likeness (QED) is 0.339. The molecule has 3 rings (SSSR count). The summed E-state index contributed by atoms with van der Waals surface area (Å²) in [4.78, 5) is 27.4. The lowest BCUT2D eigenvalue weighted by molar-refractivity contribution is 0.0949. The number of para-hydroxylation sites is 2. The minimum absolute atomic E-state index is 0.177. The summed E-state index contributed by atoms with van der Waals surface area (Å²) in [5, 5.41) is 5.87. The summed E-state index contributed by atoms with van der Waals surface area (Å²) in [5.41, 5.74) is 2.46. The van der Waals surface area contributed by atoms with Gasteiger partial charge in [-0.2, -0.15) is 0 Å². The summed E-state index contributed by atoms with van der Waals surface area (Å²) in [5.74, 6) is -0.0790. The molecule has 0 fully saturated rings. The van der Waals surface area contributed by atoms with Gasteiger partial charge in [-0.15, -0.1) is 0 Å². The van der Waals surface area contributed by atoms with Crippen LogP contribution in [0.4, 0.5) is 5.69 Å². The van der Waals surface area contributed by atoms with E-state index in [9.17, 15) is 9.59 Å². The van der Waals surface area contributed by atoms with Crippen LogP contribution in [0.25, 0.3) is 0 Å². The summed E-state index contributed by atoms with van der Waals surface area (Å²) in [6, 6.07) is 23.9. The molecule has 0 aliphatic heterocycles. The van der Waals surface area contributed by atoms with Crippen molar-refractivity contribution >= 4 is 34.8 Å². The Kier molecular flexibility index (Phi) is 9.17. The van der Waals surface area contributed by atoms with Gasteiger partial charge in [-0.3, -0.25) is 14.9 Å². The highest BCUT2D eigenvalue weighted by Crippen LogP contribution is 2.21. The summed E-state index contributed by atoms with van der Waals surface area (Å²) < 4.78 is 5.77. The highest BCUT2D eigenvalue weighted by molar-refractivity contribution is 7.80. The standard InChI is InChI=1S/C27H29N3O3S/c1-3-4-18-33-24-17-11-9-15-22(24)26(32)29-27(34)30(2)23-16-10-8-14-21(23)25(31)28-19-20-12-6-5-7-13-20/h5-17H,3-4,18-19H2,1-2H3,(H,28,31)(H,29,32,34). The molecule has 6 nitrogen and oxygen atoms in total. The Labute approximate surface area is 205 Å². The molecule has 0 saturated heterocycles. The van der Waals surface area contributed by atoms with Crippen molar-refractivity contribution < 1.29 is 14.3 Å². The average Bonchev–Trinajstić information content (AvgIpc) is 2.87. The topological polar surface area (TPSA) is 70.7 Å². The molecule has 0 saturated carbocycles. The van der Waals surface area contributed by atoms with E-state index in [1.807, 2.05) is 42.5 Å². The third-order valence-electron chi connectivity index (χ3n) is 5.22. The maximum Gasteiger partial charge on any atom is 0.261 e. The molecule has 0 radical (unpaired) electrons. The number of carbonyl (C=O) groups is 2. The number of unbranched alkanes of at least 4 members (excludes halogenated alkanes) is 1. The molecule has 0 atom stereocenters. The fraction of sp³-hybridized carbons (Fsp3) is 0.222. The van der Waals surface area contributed by atoms with Crippen LogP contribution in [0.15, 0.2) is 78.9 Å². The van der Waals surface area contributed by atoms with E-state index in [0.29, 0.717) is 35.7 Å². The van der Waals surface area contributed by atoms with E-state index in [1.54, 1.807) is 48.3 Å². The minimum Gasteiger partial charge on any atom is -0.493 e. The number of thiocarbonyl (C=S) groups is 1. The number of amides is 2. The molecule has 176 valence electrons. The third kappa shape index (κ3) is 6.65. The molecule has 2 amide bonds. The lowest BCUT2D eigenvalue weighted by Crippen LogP contribution is -2.41. The second-order valence-corrected chi connectivity index (χ2v) is 8.09. The number of anilines is 1. The van der Waals surface area contributed by atoms with E-state index in [2.05, 4.69) is 17.6 Å². The predicted octanol–water partition coefficient (Wildman–Crippen LogP) is 4.95. The summed E-state index contributed by atoms with van der Waals surface area (Å²) in [6.45, 7) is 3.03. The first kappa shape index (κ1) is 24.9. The second-order valence-electron chi connectivity index (χ2n) is 7.70. The van der Waals surface area contributed by atoms with Crippen LogP contribution in [0, 0.1) is 0 Å². The van der Waals surface area contributed by atoms with Crippen LogP contribution >= 0.6 is 12.2 Å². The van der Waals surface area contributed by atoms with Gasteiger partial charge in [0.05, 0.1) is 23.4 Å². The van der Waals surface area contributed by atoms with Gasteiger partial charge in [-0.25, -0.2) is 0 Å². The molecule has 0 aliphatic rings. The first-order valence-electron chi connectivity index (χ1n) is 11.2. The molecular formula is C27H29N3O3S. The molecule has 3 aromatic rings. The van der Waals surface area contributed by atoms with Crippen molar-refractivity contribution in [1.82, 2.24) is 10.6 Å². The van der Waals surface area contributed by atoms with Crippen molar-refractivity contribution in [1.29, 1.82) is 0 Å². The van der Waals surface area contributed by atoms with Gasteiger partial charge in [0, 0.05) is 13.6 Å². The Morgan fingerprint density at radius 1 is 0.882 bits per heavy atom. The molecule has 7 heteroatoms. The number of benzene rings is 3. The van der Waals surface area contributed by atoms with Crippen molar-refractivity contribution in [3.63, 3.8) is 0 Å². The van der Waals surface area contributed by atoms with Gasteiger partial charge in [-0.1, -0.05) is 67.9 Å². The maximum atomic E-state index is 12.9. The van der Waals surface area contributed by atoms with Gasteiger partial charge in [-0.05, 0) is 48.5 Å². The fourth-order valence-corrected chi connectivity index (χ4v) is 3.49. The van der Waals surface area contributed by atoms with Gasteiger partial charge >= 0.3 is 0 Å². The van der Waals surface area contributed by atoms with Crippen molar-refractivity contribution in [3.05, 3.63) is 95.6 Å². The van der Waals surface area contributed by atoms with Crippen LogP contribution in [-0.4, -0.2) is 30.6 Å². The van der Waals surface area contributed by atoms with E-state index in [0.717, 1.165) is 18.4 Å². The smallest absolute Gasteiger partial charge is 0.261 e. The lowest BCUT2D eigenvalue weighted by Gasteiger charge is -2.23. The molecule has 3 aromatic carbocycles. The number of ether oxygens (including phenoxy) is 1. The Morgan fingerprint density at radius 2 is 1.53 bits per heavy atom. The molecular weight excluding hydrogens is 446 g/mol. The van der Waals surface area contributed by atoms with Crippen molar-refractivity contribution in [2.45, 2.75) is 26.3 Å². The van der Waals surface area contributed by atoms with E-state index < -0.39 is 0 Å². The largest absolute Gasteiger partial charge is 0.493 e. The van der Waals surface area contributed by atoms with Crippen molar-refractivity contribution in [3.8, 4) is 5.75 Å². The Bertz CT molecular complexity index is 1130. The second kappa shape index (κ2) is 12.5. The molecule has 0 aromatic heterocycles. The van der Waals surface area contributed by atoms with Crippen LogP contribution in [0.1, 0.15) is 46.0 Å². The van der Waals surface area contributed by atoms with Crippen LogP contribution in [0.3, 0.4) is 0 Å². The first-order valence-corrected chi connectivity index (χ1v) is 11.6. The zero-order chi connectivity index (χ0) is 24.3. The summed E-state index contributed by atoms with van der Waals surface area (Å²) >= 11 is 5.49. The van der Waals surface area contributed by atoms with Gasteiger partial charge in [0.25, 0.3) is 11.8 Å². The zero-order valence-corrected chi connectivity index (χ0v) is 20.2. The molecule has 0 bridgehead atoms. The number of carbonyl (C=O) groups excluding carboxylic acids is 2. The summed E-state index contributed by atoms with van der Waals surface area (Å²) in [7, 11) is 1.72. The van der Waals surface area contributed by atoms with Crippen LogP contribution in [0.5, 0.6) is 5.75 Å². The molecule has 34 heavy (non-hydrogen) atoms. The molecule has 0 heterocycles. The zero-order valence-electron chi connectivity index (χ0n) is 19.4. The van der Waals surface area contributed by atoms with Crippen LogP contribution < -0.4 is 20.3 Å². The lowest BCUT2D eigenvalue weighted by atomic mass is 10.1. The number of nitrogens with one attached hydrogen (secondary N) is 2. The van der Waals surface area contributed by atoms with Crippen molar-refractivity contribution in [2.24, 2.45) is 0 Å². The number of rotatable bonds is 9. The fourth-order valence-electron chi connectivity index (χ4n) is 3.30. The van der Waals surface area contributed by atoms with Gasteiger partial charge in [0.15, 0.2) is 5.11 Å². The monoisotopic (exact) mass is 475 g/mol. The summed E-state index contributed by atoms with van der Waals surface area (Å²) in [6.07, 6.45) is 1.90. The van der Waals surface area contributed by atoms with Crippen LogP contribution in [-0.2, 0) is 6.54 Å². The molecule has 0 spiro atoms. The highest BCUT2D eigenvalue weighted by atomic mass is 32.1. The molecule has 0 unspecified atom stereocenters. The maximum absolute atomic E-state index is 12.9. The normalized spacial score (nSPS) is 10.3. The van der Waals surface area contributed by atoms with E-state index in [4.69, 9.17) is 17.0 Å². The van der Waals surface area contributed by atoms with Crippen LogP contribution in [0.2, 0.25) is 0 Å². The van der Waals surface area contributed by atoms with Gasteiger partial charge < -0.3 is 15.0 Å². The third-order valence-corrected chi connectivity index (χ3v) is 5.59. The van der Waals surface area contributed by atoms with Gasteiger partial charge in [0.2, 0.25) is 0 Å². The predicted molar refractivity (Wildman–Crippen MR) is 139 cm³/mol. The number of nitrogens with zero attached hydrogens (tertiary/aromatic N) is 1. The Hall–Kier alpha value is -3.71. The SMILES string of the molecule is CCCCOc1ccccc1C(=O)NC(=S)N(C)c1ccccc1C(=O)NCc1ccccc1. The molecule has 2 N–H and O–H groups in total. The van der Waals surface area contributed by atoms with Crippen molar-refractivity contribution in [2.75, 3.05) is 18.6 Å². The Balaban J connectivity index is 1.69. The van der Waals surface area contributed by atoms with E-state index in [-0.39, 0.29) is 16.9 Å². The van der Waals surface area contributed by atoms with E-state index in [1.165, 1.54) is 0 Å². The average molecular weight is 476 g/mol. The van der Waals surface area contributed by atoms with Gasteiger partial charge in [0.1, 0.15) is 5.75 Å². The minimum atomic E-state index is -0.366.